The van der Waals surface area contributed by atoms with Crippen molar-refractivity contribution < 1.29 is 4.74 Å². The van der Waals surface area contributed by atoms with E-state index in [0.717, 1.165) is 29.8 Å². The van der Waals surface area contributed by atoms with Crippen LogP contribution >= 0.6 is 11.3 Å². The Hall–Kier alpha value is -1.36. The highest BCUT2D eigenvalue weighted by Crippen LogP contribution is 2.28. The average Bonchev–Trinajstić information content (AvgIpc) is 2.87. The monoisotopic (exact) mass is 279 g/mol. The summed E-state index contributed by atoms with van der Waals surface area (Å²) in [5, 5.41) is 6.19. The molecule has 0 aromatic carbocycles. The molecule has 4 nitrogen and oxygen atoms in total. The lowest BCUT2D eigenvalue weighted by molar-refractivity contribution is 0.298. The van der Waals surface area contributed by atoms with E-state index in [2.05, 4.69) is 22.2 Å². The van der Waals surface area contributed by atoms with Crippen LogP contribution in [0, 0.1) is 0 Å². The second-order valence-corrected chi connectivity index (χ2v) is 5.33. The van der Waals surface area contributed by atoms with Gasteiger partial charge in [-0.25, -0.2) is 4.98 Å². The van der Waals surface area contributed by atoms with Gasteiger partial charge in [0.05, 0.1) is 12.0 Å². The summed E-state index contributed by atoms with van der Waals surface area (Å²) in [5.74, 6) is 1.36. The van der Waals surface area contributed by atoms with Gasteiger partial charge < -0.3 is 10.1 Å². The van der Waals surface area contributed by atoms with Crippen LogP contribution in [0.4, 0.5) is 5.95 Å². The van der Waals surface area contributed by atoms with Crippen molar-refractivity contribution in [1.29, 1.82) is 0 Å². The van der Waals surface area contributed by atoms with Gasteiger partial charge >= 0.3 is 0 Å². The molecule has 1 N–H and O–H groups in total. The minimum Gasteiger partial charge on any atom is -0.477 e. The quantitative estimate of drug-likeness (QED) is 0.740. The van der Waals surface area contributed by atoms with Gasteiger partial charge in [0.15, 0.2) is 0 Å². The Balaban J connectivity index is 2.04. The summed E-state index contributed by atoms with van der Waals surface area (Å²) in [4.78, 5) is 9.88. The number of aromatic nitrogens is 2. The van der Waals surface area contributed by atoms with E-state index in [1.165, 1.54) is 19.3 Å². The predicted octanol–water partition coefficient (Wildman–Crippen LogP) is 4.08. The number of anilines is 1. The van der Waals surface area contributed by atoms with E-state index in [9.17, 15) is 0 Å². The number of unbranched alkanes of at least 4 members (excludes halogenated alkanes) is 3. The molecule has 19 heavy (non-hydrogen) atoms. The van der Waals surface area contributed by atoms with E-state index >= 15 is 0 Å². The first-order chi connectivity index (χ1) is 9.35. The molecular weight excluding hydrogens is 258 g/mol. The molecular formula is C14H21N3OS. The van der Waals surface area contributed by atoms with Crippen LogP contribution in [-0.2, 0) is 0 Å². The zero-order valence-electron chi connectivity index (χ0n) is 11.6. The highest BCUT2D eigenvalue weighted by atomic mass is 32.1. The third-order valence-corrected chi connectivity index (χ3v) is 3.67. The van der Waals surface area contributed by atoms with Crippen LogP contribution in [0.15, 0.2) is 11.4 Å². The number of rotatable bonds is 8. The minimum atomic E-state index is 0.654. The van der Waals surface area contributed by atoms with Crippen LogP contribution in [0.1, 0.15) is 39.5 Å². The molecule has 0 atom stereocenters. The molecule has 0 unspecified atom stereocenters. The molecule has 0 fully saturated rings. The average molecular weight is 279 g/mol. The third kappa shape index (κ3) is 3.80. The second-order valence-electron chi connectivity index (χ2n) is 4.43. The summed E-state index contributed by atoms with van der Waals surface area (Å²) in [6.07, 6.45) is 4.81. The molecule has 0 aliphatic heterocycles. The first-order valence-electron chi connectivity index (χ1n) is 6.97. The highest BCUT2D eigenvalue weighted by molar-refractivity contribution is 7.16. The van der Waals surface area contributed by atoms with E-state index in [1.807, 2.05) is 18.4 Å². The molecule has 2 rings (SSSR count). The number of ether oxygens (including phenoxy) is 1. The van der Waals surface area contributed by atoms with Crippen molar-refractivity contribution in [2.24, 2.45) is 0 Å². The van der Waals surface area contributed by atoms with Crippen molar-refractivity contribution >= 4 is 27.5 Å². The molecule has 2 aromatic rings. The smallest absolute Gasteiger partial charge is 0.227 e. The second kappa shape index (κ2) is 7.28. The topological polar surface area (TPSA) is 47.0 Å². The number of nitrogens with zero attached hydrogens (tertiary/aromatic N) is 2. The summed E-state index contributed by atoms with van der Waals surface area (Å²) in [6.45, 7) is 5.79. The summed E-state index contributed by atoms with van der Waals surface area (Å²) in [6, 6.07) is 2.02. The van der Waals surface area contributed by atoms with Crippen molar-refractivity contribution in [3.05, 3.63) is 11.4 Å². The molecule has 0 saturated carbocycles. The van der Waals surface area contributed by atoms with Crippen molar-refractivity contribution in [2.75, 3.05) is 18.5 Å². The highest BCUT2D eigenvalue weighted by Gasteiger charge is 2.09. The van der Waals surface area contributed by atoms with E-state index in [4.69, 9.17) is 4.74 Å². The van der Waals surface area contributed by atoms with Crippen LogP contribution in [-0.4, -0.2) is 23.1 Å². The van der Waals surface area contributed by atoms with Gasteiger partial charge in [0.2, 0.25) is 11.8 Å². The fraction of sp³-hybridized carbons (Fsp3) is 0.571. The fourth-order valence-electron chi connectivity index (χ4n) is 1.87. The first-order valence-corrected chi connectivity index (χ1v) is 7.85. The van der Waals surface area contributed by atoms with Crippen LogP contribution < -0.4 is 10.1 Å². The van der Waals surface area contributed by atoms with Gasteiger partial charge in [0.1, 0.15) is 4.83 Å². The Kier molecular flexibility index (Phi) is 5.39. The molecule has 0 aliphatic carbocycles. The van der Waals surface area contributed by atoms with Gasteiger partial charge in [-0.3, -0.25) is 0 Å². The maximum Gasteiger partial charge on any atom is 0.227 e. The van der Waals surface area contributed by atoms with Crippen LogP contribution in [0.25, 0.3) is 10.2 Å². The number of hydrogen-bond donors (Lipinski definition) is 1. The number of fused-ring (bicyclic) bond motifs is 1. The Morgan fingerprint density at radius 2 is 2.11 bits per heavy atom. The van der Waals surface area contributed by atoms with Gasteiger partial charge in [-0.15, -0.1) is 11.3 Å². The molecule has 2 aromatic heterocycles. The summed E-state index contributed by atoms with van der Waals surface area (Å²) >= 11 is 1.62. The SMILES string of the molecule is CCCCCCOc1nc(NCC)nc2sccc12. The molecule has 0 spiro atoms. The molecule has 104 valence electrons. The Morgan fingerprint density at radius 1 is 1.21 bits per heavy atom. The van der Waals surface area contributed by atoms with Crippen molar-refractivity contribution in [3.8, 4) is 5.88 Å². The lowest BCUT2D eigenvalue weighted by Gasteiger charge is -2.08. The standard InChI is InChI=1S/C14H21N3OS/c1-3-5-6-7-9-18-12-11-8-10-19-13(11)17-14(16-12)15-4-2/h8,10H,3-7,9H2,1-2H3,(H,15,16,17). The van der Waals surface area contributed by atoms with Crippen LogP contribution in [0.3, 0.4) is 0 Å². The van der Waals surface area contributed by atoms with E-state index in [1.54, 1.807) is 11.3 Å². The molecule has 0 amide bonds. The van der Waals surface area contributed by atoms with Gasteiger partial charge in [-0.1, -0.05) is 26.2 Å². The lowest BCUT2D eigenvalue weighted by Crippen LogP contribution is -2.05. The molecule has 0 bridgehead atoms. The molecule has 0 aliphatic rings. The van der Waals surface area contributed by atoms with Crippen molar-refractivity contribution in [2.45, 2.75) is 39.5 Å². The number of nitrogens with one attached hydrogen (secondary N) is 1. The third-order valence-electron chi connectivity index (χ3n) is 2.86. The Morgan fingerprint density at radius 3 is 2.89 bits per heavy atom. The van der Waals surface area contributed by atoms with Gasteiger partial charge in [-0.2, -0.15) is 4.98 Å². The fourth-order valence-corrected chi connectivity index (χ4v) is 2.63. The summed E-state index contributed by atoms with van der Waals surface area (Å²) in [7, 11) is 0. The Bertz CT molecular complexity index is 512. The lowest BCUT2D eigenvalue weighted by atomic mass is 10.2. The minimum absolute atomic E-state index is 0.654. The molecule has 2 heterocycles. The maximum absolute atomic E-state index is 5.83. The van der Waals surface area contributed by atoms with E-state index in [-0.39, 0.29) is 0 Å². The normalized spacial score (nSPS) is 10.8. The maximum atomic E-state index is 5.83. The zero-order valence-corrected chi connectivity index (χ0v) is 12.4. The predicted molar refractivity (Wildman–Crippen MR) is 81.2 cm³/mol. The summed E-state index contributed by atoms with van der Waals surface area (Å²) < 4.78 is 5.83. The zero-order chi connectivity index (χ0) is 13.5. The molecule has 0 radical (unpaired) electrons. The van der Waals surface area contributed by atoms with Gasteiger partial charge in [0, 0.05) is 6.54 Å². The van der Waals surface area contributed by atoms with Crippen molar-refractivity contribution in [3.63, 3.8) is 0 Å². The van der Waals surface area contributed by atoms with Crippen molar-refractivity contribution in [1.82, 2.24) is 9.97 Å². The van der Waals surface area contributed by atoms with E-state index < -0.39 is 0 Å². The largest absolute Gasteiger partial charge is 0.477 e. The van der Waals surface area contributed by atoms with Crippen LogP contribution in [0.5, 0.6) is 5.88 Å². The Labute approximate surface area is 118 Å². The van der Waals surface area contributed by atoms with Gasteiger partial charge in [-0.05, 0) is 24.8 Å². The van der Waals surface area contributed by atoms with Gasteiger partial charge in [0.25, 0.3) is 0 Å². The number of thiophene rings is 1. The van der Waals surface area contributed by atoms with Crippen LogP contribution in [0.2, 0.25) is 0 Å². The molecule has 5 heteroatoms. The first kappa shape index (κ1) is 14.1. The number of hydrogen-bond acceptors (Lipinski definition) is 5. The van der Waals surface area contributed by atoms with E-state index in [0.29, 0.717) is 11.8 Å². The molecule has 0 saturated heterocycles. The summed E-state index contributed by atoms with van der Waals surface area (Å²) in [5.41, 5.74) is 0.